The Morgan fingerprint density at radius 1 is 1.00 bits per heavy atom. The summed E-state index contributed by atoms with van der Waals surface area (Å²) in [5.74, 6) is -2.41. The molecule has 8 nitrogen and oxygen atoms in total. The van der Waals surface area contributed by atoms with Crippen LogP contribution in [-0.4, -0.2) is 54.4 Å². The van der Waals surface area contributed by atoms with E-state index in [0.717, 1.165) is 27.3 Å². The second kappa shape index (κ2) is 10.5. The van der Waals surface area contributed by atoms with Crippen molar-refractivity contribution in [3.8, 4) is 11.1 Å². The summed E-state index contributed by atoms with van der Waals surface area (Å²) in [5.41, 5.74) is 4.52. The van der Waals surface area contributed by atoms with Gasteiger partial charge in [-0.1, -0.05) is 62.4 Å². The lowest BCUT2D eigenvalue weighted by molar-refractivity contribution is -0.191. The Balaban J connectivity index is 1.63. The minimum absolute atomic E-state index is 0.0588. The van der Waals surface area contributed by atoms with E-state index in [2.05, 4.69) is 17.4 Å². The lowest BCUT2D eigenvalue weighted by Crippen LogP contribution is -2.48. The van der Waals surface area contributed by atoms with E-state index >= 15 is 0 Å². The molecule has 1 aliphatic carbocycles. The van der Waals surface area contributed by atoms with Crippen LogP contribution in [0.25, 0.3) is 11.1 Å². The van der Waals surface area contributed by atoms with Gasteiger partial charge in [0.1, 0.15) is 6.61 Å². The highest BCUT2D eigenvalue weighted by Gasteiger charge is 2.33. The average Bonchev–Trinajstić information content (AvgIpc) is 3.09. The minimum atomic E-state index is -1.18. The van der Waals surface area contributed by atoms with Crippen LogP contribution in [-0.2, 0) is 19.2 Å². The summed E-state index contributed by atoms with van der Waals surface area (Å²) in [6.45, 7) is 4.97. The van der Waals surface area contributed by atoms with Crippen molar-refractivity contribution in [2.24, 2.45) is 11.8 Å². The SMILES string of the molecule is CC(C)C(C(=O)N(C)OCC(=O)O)C(C)NC(=O)OCC1c2ccccc2-c2ccccc21. The molecule has 0 spiro atoms. The maximum absolute atomic E-state index is 12.8. The van der Waals surface area contributed by atoms with Crippen LogP contribution in [0.15, 0.2) is 48.5 Å². The second-order valence-electron chi connectivity index (χ2n) is 8.53. The Bertz CT molecular complexity index is 976. The van der Waals surface area contributed by atoms with Crippen molar-refractivity contribution in [2.75, 3.05) is 20.3 Å². The molecule has 0 radical (unpaired) electrons. The average molecular weight is 455 g/mol. The molecule has 0 saturated carbocycles. The number of rotatable bonds is 9. The molecule has 8 heteroatoms. The number of hydrogen-bond acceptors (Lipinski definition) is 5. The van der Waals surface area contributed by atoms with Crippen molar-refractivity contribution in [2.45, 2.75) is 32.7 Å². The van der Waals surface area contributed by atoms with Gasteiger partial charge in [-0.05, 0) is 35.1 Å². The number of carboxylic acids is 1. The Labute approximate surface area is 193 Å². The smallest absolute Gasteiger partial charge is 0.407 e. The summed E-state index contributed by atoms with van der Waals surface area (Å²) in [7, 11) is 1.36. The highest BCUT2D eigenvalue weighted by molar-refractivity contribution is 5.80. The predicted molar refractivity (Wildman–Crippen MR) is 122 cm³/mol. The lowest BCUT2D eigenvalue weighted by Gasteiger charge is -2.30. The molecule has 2 aromatic rings. The zero-order valence-corrected chi connectivity index (χ0v) is 19.3. The van der Waals surface area contributed by atoms with Crippen molar-refractivity contribution in [1.82, 2.24) is 10.4 Å². The number of nitrogens with zero attached hydrogens (tertiary/aromatic N) is 1. The molecule has 3 rings (SSSR count). The zero-order valence-electron chi connectivity index (χ0n) is 19.3. The van der Waals surface area contributed by atoms with Crippen molar-refractivity contribution in [1.29, 1.82) is 0 Å². The van der Waals surface area contributed by atoms with Gasteiger partial charge in [0, 0.05) is 19.0 Å². The first-order chi connectivity index (χ1) is 15.7. The summed E-state index contributed by atoms with van der Waals surface area (Å²) in [4.78, 5) is 41.1. The molecular weight excluding hydrogens is 424 g/mol. The molecule has 2 atom stereocenters. The molecule has 0 bridgehead atoms. The first-order valence-electron chi connectivity index (χ1n) is 10.9. The van der Waals surface area contributed by atoms with E-state index < -0.39 is 36.5 Å². The molecule has 2 unspecified atom stereocenters. The number of ether oxygens (including phenoxy) is 1. The van der Waals surface area contributed by atoms with Crippen LogP contribution in [0.1, 0.15) is 37.8 Å². The minimum Gasteiger partial charge on any atom is -0.479 e. The molecule has 0 aromatic heterocycles. The van der Waals surface area contributed by atoms with E-state index in [0.29, 0.717) is 0 Å². The van der Waals surface area contributed by atoms with Gasteiger partial charge in [-0.2, -0.15) is 0 Å². The fourth-order valence-electron chi connectivity index (χ4n) is 4.42. The van der Waals surface area contributed by atoms with Crippen LogP contribution in [0.3, 0.4) is 0 Å². The number of fused-ring (bicyclic) bond motifs is 3. The number of hydrogen-bond donors (Lipinski definition) is 2. The lowest BCUT2D eigenvalue weighted by atomic mass is 9.88. The molecule has 2 aromatic carbocycles. The second-order valence-corrected chi connectivity index (χ2v) is 8.53. The number of amides is 2. The highest BCUT2D eigenvalue weighted by atomic mass is 16.7. The molecule has 0 aliphatic heterocycles. The van der Waals surface area contributed by atoms with Crippen molar-refractivity contribution in [3.63, 3.8) is 0 Å². The van der Waals surface area contributed by atoms with Gasteiger partial charge in [0.05, 0.1) is 5.92 Å². The Morgan fingerprint density at radius 3 is 2.06 bits per heavy atom. The van der Waals surface area contributed by atoms with E-state index in [1.165, 1.54) is 7.05 Å². The fraction of sp³-hybridized carbons (Fsp3) is 0.400. The molecule has 176 valence electrons. The first kappa shape index (κ1) is 24.3. The number of benzene rings is 2. The van der Waals surface area contributed by atoms with Crippen LogP contribution < -0.4 is 5.32 Å². The topological polar surface area (TPSA) is 105 Å². The molecule has 33 heavy (non-hydrogen) atoms. The van der Waals surface area contributed by atoms with Crippen molar-refractivity contribution in [3.05, 3.63) is 59.7 Å². The number of alkyl carbamates (subject to hydrolysis) is 1. The zero-order chi connectivity index (χ0) is 24.1. The van der Waals surface area contributed by atoms with Gasteiger partial charge in [-0.25, -0.2) is 14.7 Å². The van der Waals surface area contributed by atoms with Gasteiger partial charge in [0.15, 0.2) is 6.61 Å². The Hall–Kier alpha value is -3.39. The maximum Gasteiger partial charge on any atom is 0.407 e. The number of aliphatic carboxylic acids is 1. The third-order valence-corrected chi connectivity index (χ3v) is 5.92. The number of nitrogens with one attached hydrogen (secondary N) is 1. The van der Waals surface area contributed by atoms with Crippen molar-refractivity contribution >= 4 is 18.0 Å². The molecule has 1 aliphatic rings. The maximum atomic E-state index is 12.8. The standard InChI is InChI=1S/C25H30N2O6/c1-15(2)23(24(30)27(4)33-14-22(28)29)16(3)26-25(31)32-13-21-19-11-7-5-9-17(19)18-10-6-8-12-20(18)21/h5-12,15-16,21,23H,13-14H2,1-4H3,(H,26,31)(H,28,29). The third kappa shape index (κ3) is 5.51. The Kier molecular flexibility index (Phi) is 7.71. The molecule has 2 N–H and O–H groups in total. The van der Waals surface area contributed by atoms with Crippen LogP contribution in [0.4, 0.5) is 4.79 Å². The summed E-state index contributed by atoms with van der Waals surface area (Å²) < 4.78 is 5.58. The summed E-state index contributed by atoms with van der Waals surface area (Å²) in [6, 6.07) is 15.6. The van der Waals surface area contributed by atoms with E-state index in [4.69, 9.17) is 14.7 Å². The van der Waals surface area contributed by atoms with Gasteiger partial charge in [0.2, 0.25) is 0 Å². The molecule has 2 amide bonds. The quantitative estimate of drug-likeness (QED) is 0.560. The van der Waals surface area contributed by atoms with Crippen LogP contribution >= 0.6 is 0 Å². The van der Waals surface area contributed by atoms with Gasteiger partial charge < -0.3 is 15.2 Å². The monoisotopic (exact) mass is 454 g/mol. The van der Waals surface area contributed by atoms with Gasteiger partial charge in [-0.15, -0.1) is 0 Å². The van der Waals surface area contributed by atoms with Crippen LogP contribution in [0.5, 0.6) is 0 Å². The predicted octanol–water partition coefficient (Wildman–Crippen LogP) is 3.66. The van der Waals surface area contributed by atoms with E-state index in [9.17, 15) is 14.4 Å². The summed E-state index contributed by atoms with van der Waals surface area (Å²) >= 11 is 0. The van der Waals surface area contributed by atoms with E-state index in [1.807, 2.05) is 50.2 Å². The van der Waals surface area contributed by atoms with Crippen LogP contribution in [0, 0.1) is 11.8 Å². The molecular formula is C25H30N2O6. The number of carbonyl (C=O) groups excluding carboxylic acids is 2. The van der Waals surface area contributed by atoms with Gasteiger partial charge in [-0.3, -0.25) is 9.63 Å². The Morgan fingerprint density at radius 2 is 1.55 bits per heavy atom. The number of carbonyl (C=O) groups is 3. The van der Waals surface area contributed by atoms with E-state index in [-0.39, 0.29) is 18.4 Å². The van der Waals surface area contributed by atoms with Crippen molar-refractivity contribution < 1.29 is 29.1 Å². The summed E-state index contributed by atoms with van der Waals surface area (Å²) in [6.07, 6.45) is -0.614. The summed E-state index contributed by atoms with van der Waals surface area (Å²) in [5, 5.41) is 12.4. The fourth-order valence-corrected chi connectivity index (χ4v) is 4.42. The van der Waals surface area contributed by atoms with Crippen LogP contribution in [0.2, 0.25) is 0 Å². The largest absolute Gasteiger partial charge is 0.479 e. The highest BCUT2D eigenvalue weighted by Crippen LogP contribution is 2.44. The first-order valence-corrected chi connectivity index (χ1v) is 10.9. The number of hydroxylamine groups is 2. The van der Waals surface area contributed by atoms with E-state index in [1.54, 1.807) is 6.92 Å². The normalized spacial score (nSPS) is 14.2. The molecule has 0 heterocycles. The molecule has 0 saturated heterocycles. The number of carboxylic acid groups (broad SMARTS) is 1. The van der Waals surface area contributed by atoms with Gasteiger partial charge >= 0.3 is 12.1 Å². The van der Waals surface area contributed by atoms with Gasteiger partial charge in [0.25, 0.3) is 5.91 Å². The molecule has 0 fully saturated rings. The third-order valence-electron chi connectivity index (χ3n) is 5.92.